The van der Waals surface area contributed by atoms with Gasteiger partial charge in [0, 0.05) is 21.4 Å². The highest BCUT2D eigenvalue weighted by atomic mass is 35.5. The van der Waals surface area contributed by atoms with Gasteiger partial charge in [-0.1, -0.05) is 50.2 Å². The van der Waals surface area contributed by atoms with E-state index in [2.05, 4.69) is 4.99 Å². The second kappa shape index (κ2) is 6.28. The number of anilines is 1. The normalized spacial score (nSPS) is 26.9. The Morgan fingerprint density at radius 3 is 2.60 bits per heavy atom. The molecule has 8 heteroatoms. The second-order valence-electron chi connectivity index (χ2n) is 7.55. The van der Waals surface area contributed by atoms with Crippen LogP contribution >= 0.6 is 23.4 Å². The van der Waals surface area contributed by atoms with Crippen LogP contribution in [0.2, 0.25) is 5.02 Å². The minimum absolute atomic E-state index is 0.0683. The maximum absolute atomic E-state index is 12.4. The maximum atomic E-state index is 12.4. The molecule has 2 saturated heterocycles. The van der Waals surface area contributed by atoms with Gasteiger partial charge in [0.25, 0.3) is 5.91 Å². The van der Waals surface area contributed by atoms with Crippen molar-refractivity contribution in [3.63, 3.8) is 0 Å². The molecular formula is C17H21ClN2O3S2. The molecule has 1 aromatic carbocycles. The van der Waals surface area contributed by atoms with Crippen molar-refractivity contribution in [2.45, 2.75) is 39.0 Å². The Balaban J connectivity index is 2.05. The topological polar surface area (TPSA) is 66.8 Å². The third-order valence-corrected chi connectivity index (χ3v) is 7.96. The zero-order chi connectivity index (χ0) is 18.6. The first-order valence-corrected chi connectivity index (χ1v) is 11.1. The van der Waals surface area contributed by atoms with Crippen molar-refractivity contribution in [2.75, 3.05) is 16.4 Å². The SMILES string of the molecule is Cc1ccc(N2C(=NC(=O)C(C)(C)C)S[C@H]3CS(=O)(=O)C[C@@H]32)cc1Cl. The fourth-order valence-corrected chi connectivity index (χ4v) is 6.94. The van der Waals surface area contributed by atoms with Crippen LogP contribution in [0, 0.1) is 12.3 Å². The minimum Gasteiger partial charge on any atom is -0.316 e. The molecule has 2 fully saturated rings. The van der Waals surface area contributed by atoms with Crippen molar-refractivity contribution in [3.8, 4) is 0 Å². The lowest BCUT2D eigenvalue weighted by molar-refractivity contribution is -0.124. The molecule has 1 aromatic rings. The van der Waals surface area contributed by atoms with Crippen LogP contribution in [-0.4, -0.2) is 42.3 Å². The number of amides is 1. The van der Waals surface area contributed by atoms with E-state index in [0.717, 1.165) is 11.3 Å². The van der Waals surface area contributed by atoms with Crippen LogP contribution in [0.1, 0.15) is 26.3 Å². The molecule has 0 N–H and O–H groups in total. The molecule has 3 rings (SSSR count). The standard InChI is InChI=1S/C17H21ClN2O3S2/c1-10-5-6-11(7-12(10)18)20-13-8-25(22,23)9-14(13)24-16(20)19-15(21)17(2,3)4/h5-7,13-14H,8-9H2,1-4H3/t13-,14-/m0/s1. The largest absolute Gasteiger partial charge is 0.316 e. The molecule has 0 bridgehead atoms. The summed E-state index contributed by atoms with van der Waals surface area (Å²) in [6.45, 7) is 7.36. The molecule has 0 saturated carbocycles. The molecule has 0 aliphatic carbocycles. The maximum Gasteiger partial charge on any atom is 0.253 e. The summed E-state index contributed by atoms with van der Waals surface area (Å²) in [6, 6.07) is 5.37. The molecule has 2 aliphatic heterocycles. The van der Waals surface area contributed by atoms with Gasteiger partial charge in [-0.15, -0.1) is 0 Å². The first-order valence-electron chi connectivity index (χ1n) is 8.03. The van der Waals surface area contributed by atoms with E-state index in [0.29, 0.717) is 10.2 Å². The van der Waals surface area contributed by atoms with Gasteiger partial charge >= 0.3 is 0 Å². The Morgan fingerprint density at radius 2 is 2.00 bits per heavy atom. The van der Waals surface area contributed by atoms with E-state index in [9.17, 15) is 13.2 Å². The molecule has 136 valence electrons. The van der Waals surface area contributed by atoms with Crippen LogP contribution in [0.15, 0.2) is 23.2 Å². The number of sulfone groups is 1. The number of thioether (sulfide) groups is 1. The van der Waals surface area contributed by atoms with Crippen LogP contribution in [-0.2, 0) is 14.6 Å². The van der Waals surface area contributed by atoms with E-state index >= 15 is 0 Å². The van der Waals surface area contributed by atoms with E-state index in [4.69, 9.17) is 11.6 Å². The van der Waals surface area contributed by atoms with Crippen LogP contribution < -0.4 is 4.90 Å². The highest BCUT2D eigenvalue weighted by Gasteiger charge is 2.49. The Morgan fingerprint density at radius 1 is 1.32 bits per heavy atom. The number of benzene rings is 1. The Hall–Kier alpha value is -1.05. The van der Waals surface area contributed by atoms with Gasteiger partial charge in [-0.05, 0) is 24.6 Å². The van der Waals surface area contributed by atoms with Gasteiger partial charge in [0.05, 0.1) is 17.5 Å². The minimum atomic E-state index is -3.08. The van der Waals surface area contributed by atoms with E-state index < -0.39 is 15.3 Å². The van der Waals surface area contributed by atoms with Gasteiger partial charge in [0.2, 0.25) is 0 Å². The number of aryl methyl sites for hydroxylation is 1. The van der Waals surface area contributed by atoms with Crippen molar-refractivity contribution in [2.24, 2.45) is 10.4 Å². The summed E-state index contributed by atoms with van der Waals surface area (Å²) in [5.74, 6) is -0.0407. The van der Waals surface area contributed by atoms with Gasteiger partial charge in [0.1, 0.15) is 0 Å². The summed E-state index contributed by atoms with van der Waals surface area (Å²) in [4.78, 5) is 18.6. The summed E-state index contributed by atoms with van der Waals surface area (Å²) in [7, 11) is -3.08. The van der Waals surface area contributed by atoms with Gasteiger partial charge in [-0.3, -0.25) is 4.79 Å². The predicted molar refractivity (Wildman–Crippen MR) is 104 cm³/mol. The van der Waals surface area contributed by atoms with Crippen LogP contribution in [0.5, 0.6) is 0 Å². The van der Waals surface area contributed by atoms with E-state index in [1.54, 1.807) is 0 Å². The molecule has 0 unspecified atom stereocenters. The van der Waals surface area contributed by atoms with Gasteiger partial charge in [-0.25, -0.2) is 8.42 Å². The highest BCUT2D eigenvalue weighted by molar-refractivity contribution is 8.16. The second-order valence-corrected chi connectivity index (χ2v) is 11.3. The number of fused-ring (bicyclic) bond motifs is 1. The molecule has 5 nitrogen and oxygen atoms in total. The quantitative estimate of drug-likeness (QED) is 0.723. The lowest BCUT2D eigenvalue weighted by atomic mass is 9.96. The molecule has 1 amide bonds. The highest BCUT2D eigenvalue weighted by Crippen LogP contribution is 2.42. The Labute approximate surface area is 157 Å². The summed E-state index contributed by atoms with van der Waals surface area (Å²) < 4.78 is 24.1. The summed E-state index contributed by atoms with van der Waals surface area (Å²) in [5.41, 5.74) is 1.12. The van der Waals surface area contributed by atoms with Gasteiger partial charge in [-0.2, -0.15) is 4.99 Å². The summed E-state index contributed by atoms with van der Waals surface area (Å²) >= 11 is 7.63. The number of carbonyl (C=O) groups is 1. The van der Waals surface area contributed by atoms with Crippen molar-refractivity contribution in [1.82, 2.24) is 0 Å². The first-order chi connectivity index (χ1) is 11.5. The van der Waals surface area contributed by atoms with Crippen molar-refractivity contribution in [1.29, 1.82) is 0 Å². The third kappa shape index (κ3) is 3.73. The Kier molecular flexibility index (Phi) is 4.71. The van der Waals surface area contributed by atoms with Crippen LogP contribution in [0.25, 0.3) is 0 Å². The molecule has 25 heavy (non-hydrogen) atoms. The fraction of sp³-hybridized carbons (Fsp3) is 0.529. The number of rotatable bonds is 1. The zero-order valence-electron chi connectivity index (χ0n) is 14.6. The van der Waals surface area contributed by atoms with Crippen LogP contribution in [0.4, 0.5) is 5.69 Å². The molecule has 0 spiro atoms. The number of carbonyl (C=O) groups excluding carboxylic acids is 1. The van der Waals surface area contributed by atoms with Crippen molar-refractivity contribution in [3.05, 3.63) is 28.8 Å². The third-order valence-electron chi connectivity index (χ3n) is 4.34. The van der Waals surface area contributed by atoms with Gasteiger partial charge in [0.15, 0.2) is 15.0 Å². The lowest BCUT2D eigenvalue weighted by Gasteiger charge is -2.25. The number of hydrogen-bond donors (Lipinski definition) is 0. The molecule has 0 aromatic heterocycles. The number of nitrogens with zero attached hydrogens (tertiary/aromatic N) is 2. The van der Waals surface area contributed by atoms with E-state index in [1.165, 1.54) is 11.8 Å². The molecule has 2 aliphatic rings. The summed E-state index contributed by atoms with van der Waals surface area (Å²) in [6.07, 6.45) is 0. The number of amidine groups is 1. The fourth-order valence-electron chi connectivity index (χ4n) is 2.85. The molecular weight excluding hydrogens is 380 g/mol. The van der Waals surface area contributed by atoms with Crippen LogP contribution in [0.3, 0.4) is 0 Å². The molecule has 2 atom stereocenters. The predicted octanol–water partition coefficient (Wildman–Crippen LogP) is 3.30. The van der Waals surface area contributed by atoms with Crippen molar-refractivity contribution < 1.29 is 13.2 Å². The first kappa shape index (κ1) is 18.7. The summed E-state index contributed by atoms with van der Waals surface area (Å²) in [5, 5.41) is 1.05. The van der Waals surface area contributed by atoms with E-state index in [1.807, 2.05) is 50.8 Å². The van der Waals surface area contributed by atoms with E-state index in [-0.39, 0.29) is 28.7 Å². The molecule has 0 radical (unpaired) electrons. The smallest absolute Gasteiger partial charge is 0.253 e. The van der Waals surface area contributed by atoms with Crippen molar-refractivity contribution >= 4 is 50.0 Å². The zero-order valence-corrected chi connectivity index (χ0v) is 17.0. The number of aliphatic imine (C=N–C) groups is 1. The average molecular weight is 401 g/mol. The number of hydrogen-bond acceptors (Lipinski definition) is 4. The Bertz CT molecular complexity index is 859. The van der Waals surface area contributed by atoms with Gasteiger partial charge < -0.3 is 4.90 Å². The monoisotopic (exact) mass is 400 g/mol. The lowest BCUT2D eigenvalue weighted by Crippen LogP contribution is -2.38. The average Bonchev–Trinajstić information content (AvgIpc) is 2.92. The molecule has 2 heterocycles. The number of halogens is 1.